The molecule has 0 radical (unpaired) electrons. The van der Waals surface area contributed by atoms with Gasteiger partial charge in [0.25, 0.3) is 0 Å². The Labute approximate surface area is 284 Å². The maximum Gasteiger partial charge on any atom is 0.100 e. The van der Waals surface area contributed by atoms with Gasteiger partial charge in [0.15, 0.2) is 0 Å². The standard InChI is InChI=1S/C47H30N2/c1-3-11-34-27-37(19-17-31(34)9-1)46-40-13-5-6-14-41(40)47(38-20-18-32-10-2-4-12-35(32)28-38)43-29-36(23-26-42(43)46)33-21-24-39(25-22-33)49-30-48-44-15-7-8-16-45(44)49/h1-30H. The smallest absolute Gasteiger partial charge is 0.100 e. The Balaban J connectivity index is 1.22. The number of hydrogen-bond donors (Lipinski definition) is 0. The van der Waals surface area contributed by atoms with Crippen LogP contribution in [-0.2, 0) is 0 Å². The minimum Gasteiger partial charge on any atom is -0.299 e. The Morgan fingerprint density at radius 3 is 1.53 bits per heavy atom. The molecule has 10 aromatic rings. The molecule has 0 spiro atoms. The molecule has 0 fully saturated rings. The van der Waals surface area contributed by atoms with E-state index in [1.807, 2.05) is 12.4 Å². The summed E-state index contributed by atoms with van der Waals surface area (Å²) in [6.07, 6.45) is 1.91. The second kappa shape index (κ2) is 11.0. The zero-order valence-corrected chi connectivity index (χ0v) is 26.7. The van der Waals surface area contributed by atoms with Gasteiger partial charge in [-0.15, -0.1) is 0 Å². The van der Waals surface area contributed by atoms with Crippen molar-refractivity contribution in [2.45, 2.75) is 0 Å². The van der Waals surface area contributed by atoms with Gasteiger partial charge in [0, 0.05) is 5.69 Å². The van der Waals surface area contributed by atoms with Crippen LogP contribution < -0.4 is 0 Å². The van der Waals surface area contributed by atoms with Crippen molar-refractivity contribution in [2.24, 2.45) is 0 Å². The van der Waals surface area contributed by atoms with Crippen molar-refractivity contribution >= 4 is 54.1 Å². The van der Waals surface area contributed by atoms with Crippen LogP contribution in [-0.4, -0.2) is 9.55 Å². The SMILES string of the molecule is c1ccc2cc(-c3c4ccccc4c(-c4ccc5ccccc5c4)c4cc(-c5ccc(-n6cnc7ccccc76)cc5)ccc34)ccc2c1. The van der Waals surface area contributed by atoms with Crippen molar-refractivity contribution in [1.82, 2.24) is 9.55 Å². The summed E-state index contributed by atoms with van der Waals surface area (Å²) < 4.78 is 2.15. The maximum absolute atomic E-state index is 4.60. The molecule has 49 heavy (non-hydrogen) atoms. The van der Waals surface area contributed by atoms with Gasteiger partial charge < -0.3 is 0 Å². The lowest BCUT2D eigenvalue weighted by Gasteiger charge is -2.19. The number of nitrogens with zero attached hydrogens (tertiary/aromatic N) is 2. The van der Waals surface area contributed by atoms with Crippen LogP contribution >= 0.6 is 0 Å². The first kappa shape index (κ1) is 27.6. The molecule has 0 aliphatic heterocycles. The third-order valence-corrected chi connectivity index (χ3v) is 10.0. The van der Waals surface area contributed by atoms with Crippen LogP contribution in [0.5, 0.6) is 0 Å². The molecular formula is C47H30N2. The first-order chi connectivity index (χ1) is 24.3. The molecule has 10 rings (SSSR count). The first-order valence-electron chi connectivity index (χ1n) is 16.8. The number of aromatic nitrogens is 2. The Bertz CT molecular complexity index is 2880. The topological polar surface area (TPSA) is 17.8 Å². The van der Waals surface area contributed by atoms with Gasteiger partial charge >= 0.3 is 0 Å². The van der Waals surface area contributed by atoms with Crippen LogP contribution in [0, 0.1) is 0 Å². The third kappa shape index (κ3) is 4.53. The molecule has 0 amide bonds. The van der Waals surface area contributed by atoms with Crippen LogP contribution in [0.15, 0.2) is 182 Å². The zero-order chi connectivity index (χ0) is 32.3. The molecule has 0 aliphatic rings. The summed E-state index contributed by atoms with van der Waals surface area (Å²) in [4.78, 5) is 4.60. The normalized spacial score (nSPS) is 11.7. The van der Waals surface area contributed by atoms with Gasteiger partial charge in [0.2, 0.25) is 0 Å². The third-order valence-electron chi connectivity index (χ3n) is 10.0. The zero-order valence-electron chi connectivity index (χ0n) is 26.7. The number of hydrogen-bond acceptors (Lipinski definition) is 1. The van der Waals surface area contributed by atoms with Crippen LogP contribution in [0.25, 0.3) is 93.2 Å². The fourth-order valence-electron chi connectivity index (χ4n) is 7.65. The largest absolute Gasteiger partial charge is 0.299 e. The summed E-state index contributed by atoms with van der Waals surface area (Å²) in [7, 11) is 0. The fraction of sp³-hybridized carbons (Fsp3) is 0. The molecule has 0 bridgehead atoms. The molecule has 0 unspecified atom stereocenters. The number of imidazole rings is 1. The Kier molecular flexibility index (Phi) is 6.22. The monoisotopic (exact) mass is 622 g/mol. The predicted octanol–water partition coefficient (Wildman–Crippen LogP) is 12.6. The minimum absolute atomic E-state index is 0.997. The van der Waals surface area contributed by atoms with Gasteiger partial charge in [-0.2, -0.15) is 0 Å². The van der Waals surface area contributed by atoms with Crippen molar-refractivity contribution < 1.29 is 0 Å². The average Bonchev–Trinajstić information content (AvgIpc) is 3.61. The van der Waals surface area contributed by atoms with Crippen molar-refractivity contribution in [3.8, 4) is 39.1 Å². The number of fused-ring (bicyclic) bond motifs is 5. The molecule has 0 aliphatic carbocycles. The second-order valence-electron chi connectivity index (χ2n) is 12.8. The molecular weight excluding hydrogens is 593 g/mol. The van der Waals surface area contributed by atoms with E-state index >= 15 is 0 Å². The van der Waals surface area contributed by atoms with Gasteiger partial charge in [0.05, 0.1) is 11.0 Å². The summed E-state index contributed by atoms with van der Waals surface area (Å²) in [6.45, 7) is 0. The molecule has 0 atom stereocenters. The van der Waals surface area contributed by atoms with Gasteiger partial charge in [-0.05, 0) is 119 Å². The molecule has 0 N–H and O–H groups in total. The predicted molar refractivity (Wildman–Crippen MR) is 207 cm³/mol. The summed E-state index contributed by atoms with van der Waals surface area (Å²) in [5.41, 5.74) is 10.6. The first-order valence-corrected chi connectivity index (χ1v) is 16.8. The Hall–Kier alpha value is -6.51. The number of rotatable bonds is 4. The van der Waals surface area contributed by atoms with Crippen molar-refractivity contribution in [3.05, 3.63) is 182 Å². The van der Waals surface area contributed by atoms with Gasteiger partial charge in [-0.3, -0.25) is 4.57 Å². The van der Waals surface area contributed by atoms with E-state index in [1.165, 1.54) is 76.5 Å². The maximum atomic E-state index is 4.60. The van der Waals surface area contributed by atoms with Crippen molar-refractivity contribution in [3.63, 3.8) is 0 Å². The molecule has 2 nitrogen and oxygen atoms in total. The lowest BCUT2D eigenvalue weighted by Crippen LogP contribution is -1.93. The molecule has 1 aromatic heterocycles. The van der Waals surface area contributed by atoms with E-state index in [9.17, 15) is 0 Å². The van der Waals surface area contributed by atoms with Gasteiger partial charge in [-0.1, -0.05) is 133 Å². The van der Waals surface area contributed by atoms with Crippen LogP contribution in [0.4, 0.5) is 0 Å². The summed E-state index contributed by atoms with van der Waals surface area (Å²) >= 11 is 0. The van der Waals surface area contributed by atoms with E-state index < -0.39 is 0 Å². The number of para-hydroxylation sites is 2. The van der Waals surface area contributed by atoms with Gasteiger partial charge in [0.1, 0.15) is 6.33 Å². The summed E-state index contributed by atoms with van der Waals surface area (Å²) in [5.74, 6) is 0. The molecule has 0 saturated heterocycles. The molecule has 1 heterocycles. The van der Waals surface area contributed by atoms with E-state index in [-0.39, 0.29) is 0 Å². The van der Waals surface area contributed by atoms with E-state index in [0.717, 1.165) is 16.7 Å². The Morgan fingerprint density at radius 1 is 0.347 bits per heavy atom. The minimum atomic E-state index is 0.997. The van der Waals surface area contributed by atoms with Crippen molar-refractivity contribution in [1.29, 1.82) is 0 Å². The summed E-state index contributed by atoms with van der Waals surface area (Å²) in [6, 6.07) is 64.1. The highest BCUT2D eigenvalue weighted by atomic mass is 15.0. The van der Waals surface area contributed by atoms with E-state index in [0.29, 0.717) is 0 Å². The molecule has 228 valence electrons. The number of benzene rings is 9. The van der Waals surface area contributed by atoms with Gasteiger partial charge in [-0.25, -0.2) is 4.98 Å². The lowest BCUT2D eigenvalue weighted by atomic mass is 9.84. The lowest BCUT2D eigenvalue weighted by molar-refractivity contribution is 1.09. The molecule has 2 heteroatoms. The molecule has 0 saturated carbocycles. The van der Waals surface area contributed by atoms with E-state index in [4.69, 9.17) is 0 Å². The fourth-order valence-corrected chi connectivity index (χ4v) is 7.65. The van der Waals surface area contributed by atoms with Crippen LogP contribution in [0.3, 0.4) is 0 Å². The highest BCUT2D eigenvalue weighted by Gasteiger charge is 2.18. The quantitative estimate of drug-likeness (QED) is 0.179. The van der Waals surface area contributed by atoms with E-state index in [1.54, 1.807) is 0 Å². The highest BCUT2D eigenvalue weighted by molar-refractivity contribution is 6.22. The van der Waals surface area contributed by atoms with Crippen LogP contribution in [0.2, 0.25) is 0 Å². The Morgan fingerprint density at radius 2 is 0.857 bits per heavy atom. The van der Waals surface area contributed by atoms with Crippen LogP contribution in [0.1, 0.15) is 0 Å². The van der Waals surface area contributed by atoms with Crippen molar-refractivity contribution in [2.75, 3.05) is 0 Å². The summed E-state index contributed by atoms with van der Waals surface area (Å²) in [5, 5.41) is 10.0. The molecule has 9 aromatic carbocycles. The second-order valence-corrected chi connectivity index (χ2v) is 12.8. The average molecular weight is 623 g/mol. The van der Waals surface area contributed by atoms with E-state index in [2.05, 4.69) is 179 Å². The highest BCUT2D eigenvalue weighted by Crippen LogP contribution is 2.45.